The van der Waals surface area contributed by atoms with Crippen molar-refractivity contribution in [3.8, 4) is 0 Å². The fraction of sp³-hybridized carbons (Fsp3) is 0.538. The molecule has 18 heavy (non-hydrogen) atoms. The van der Waals surface area contributed by atoms with Crippen LogP contribution in [0.15, 0.2) is 18.2 Å². The van der Waals surface area contributed by atoms with Gasteiger partial charge in [-0.25, -0.2) is 4.39 Å². The van der Waals surface area contributed by atoms with Crippen LogP contribution in [0.4, 0.5) is 10.1 Å². The summed E-state index contributed by atoms with van der Waals surface area (Å²) in [5, 5.41) is 9.16. The largest absolute Gasteiger partial charge is 0.398 e. The first kappa shape index (κ1) is 13.3. The Hall–Kier alpha value is -1.17. The number of nitrogen functional groups attached to an aromatic ring is 1. The summed E-state index contributed by atoms with van der Waals surface area (Å²) in [5.41, 5.74) is 7.21. The second kappa shape index (κ2) is 5.65. The lowest BCUT2D eigenvalue weighted by atomic mass is 10.1. The number of anilines is 1. The van der Waals surface area contributed by atoms with E-state index >= 15 is 0 Å². The van der Waals surface area contributed by atoms with Crippen molar-refractivity contribution in [2.45, 2.75) is 25.7 Å². The summed E-state index contributed by atoms with van der Waals surface area (Å²) < 4.78 is 18.7. The van der Waals surface area contributed by atoms with Gasteiger partial charge >= 0.3 is 0 Å². The molecule has 1 heterocycles. The number of nitrogens with zero attached hydrogens (tertiary/aromatic N) is 1. The van der Waals surface area contributed by atoms with E-state index in [2.05, 4.69) is 4.90 Å². The van der Waals surface area contributed by atoms with Gasteiger partial charge in [0.2, 0.25) is 0 Å². The summed E-state index contributed by atoms with van der Waals surface area (Å²) in [7, 11) is 0. The van der Waals surface area contributed by atoms with Gasteiger partial charge in [0, 0.05) is 25.3 Å². The molecule has 100 valence electrons. The number of benzene rings is 1. The number of morpholine rings is 1. The van der Waals surface area contributed by atoms with Crippen LogP contribution in [0.5, 0.6) is 0 Å². The van der Waals surface area contributed by atoms with E-state index in [9.17, 15) is 4.39 Å². The van der Waals surface area contributed by atoms with Crippen LogP contribution >= 0.6 is 0 Å². The predicted molar refractivity (Wildman–Crippen MR) is 67.5 cm³/mol. The first-order valence-corrected chi connectivity index (χ1v) is 6.11. The minimum absolute atomic E-state index is 0.000523. The molecule has 1 aliphatic heterocycles. The lowest BCUT2D eigenvalue weighted by molar-refractivity contribution is -0.0972. The normalized spacial score (nSPS) is 25.3. The number of nitrogens with two attached hydrogens (primary N) is 1. The maximum absolute atomic E-state index is 13.2. The van der Waals surface area contributed by atoms with Crippen LogP contribution in [0.2, 0.25) is 0 Å². The van der Waals surface area contributed by atoms with Gasteiger partial charge in [-0.2, -0.15) is 0 Å². The van der Waals surface area contributed by atoms with Gasteiger partial charge in [0.1, 0.15) is 5.82 Å². The van der Waals surface area contributed by atoms with Crippen molar-refractivity contribution in [1.29, 1.82) is 0 Å². The highest BCUT2D eigenvalue weighted by atomic mass is 19.1. The zero-order valence-electron chi connectivity index (χ0n) is 10.5. The van der Waals surface area contributed by atoms with E-state index in [-0.39, 0.29) is 24.6 Å². The lowest BCUT2D eigenvalue weighted by Gasteiger charge is -2.36. The number of aliphatic hydroxyl groups excluding tert-OH is 1. The van der Waals surface area contributed by atoms with Gasteiger partial charge in [-0.3, -0.25) is 4.90 Å². The molecule has 0 spiro atoms. The third-order valence-corrected chi connectivity index (χ3v) is 3.10. The van der Waals surface area contributed by atoms with Crippen molar-refractivity contribution < 1.29 is 14.2 Å². The zero-order valence-corrected chi connectivity index (χ0v) is 10.5. The monoisotopic (exact) mass is 254 g/mol. The Morgan fingerprint density at radius 1 is 1.50 bits per heavy atom. The van der Waals surface area contributed by atoms with Crippen molar-refractivity contribution in [1.82, 2.24) is 4.90 Å². The van der Waals surface area contributed by atoms with Gasteiger partial charge in [0.25, 0.3) is 0 Å². The Labute approximate surface area is 106 Å². The fourth-order valence-electron chi connectivity index (χ4n) is 2.32. The van der Waals surface area contributed by atoms with Crippen LogP contribution in [0, 0.1) is 5.82 Å². The standard InChI is InChI=1S/C13H19FN2O2/c1-9-5-16(7-12(8-17)18-9)6-10-4-11(14)2-3-13(10)15/h2-4,9,12,17H,5-8,15H2,1H3. The first-order chi connectivity index (χ1) is 8.58. The Kier molecular flexibility index (Phi) is 4.16. The Bertz CT molecular complexity index is 414. The summed E-state index contributed by atoms with van der Waals surface area (Å²) in [5.74, 6) is -0.279. The molecule has 5 heteroatoms. The molecule has 2 rings (SSSR count). The molecular formula is C13H19FN2O2. The van der Waals surface area contributed by atoms with Crippen LogP contribution in [0.1, 0.15) is 12.5 Å². The average Bonchev–Trinajstić information content (AvgIpc) is 2.33. The molecular weight excluding hydrogens is 235 g/mol. The van der Waals surface area contributed by atoms with Gasteiger partial charge in [0.05, 0.1) is 18.8 Å². The van der Waals surface area contributed by atoms with Gasteiger partial charge in [-0.05, 0) is 30.7 Å². The molecule has 0 bridgehead atoms. The third-order valence-electron chi connectivity index (χ3n) is 3.10. The number of rotatable bonds is 3. The molecule has 0 saturated carbocycles. The summed E-state index contributed by atoms with van der Waals surface area (Å²) in [6.45, 7) is 3.93. The van der Waals surface area contributed by atoms with E-state index in [1.807, 2.05) is 6.92 Å². The molecule has 1 saturated heterocycles. The number of halogens is 1. The predicted octanol–water partition coefficient (Wildman–Crippen LogP) is 0.990. The molecule has 2 atom stereocenters. The molecule has 0 radical (unpaired) electrons. The molecule has 1 aromatic rings. The highest BCUT2D eigenvalue weighted by Gasteiger charge is 2.25. The van der Waals surface area contributed by atoms with E-state index in [1.165, 1.54) is 12.1 Å². The lowest BCUT2D eigenvalue weighted by Crippen LogP contribution is -2.47. The van der Waals surface area contributed by atoms with E-state index in [1.54, 1.807) is 6.07 Å². The molecule has 0 aliphatic carbocycles. The summed E-state index contributed by atoms with van der Waals surface area (Å²) >= 11 is 0. The molecule has 0 amide bonds. The maximum Gasteiger partial charge on any atom is 0.123 e. The topological polar surface area (TPSA) is 58.7 Å². The average molecular weight is 254 g/mol. The van der Waals surface area contributed by atoms with E-state index in [0.29, 0.717) is 18.8 Å². The third kappa shape index (κ3) is 3.19. The molecule has 0 aromatic heterocycles. The van der Waals surface area contributed by atoms with E-state index < -0.39 is 0 Å². The van der Waals surface area contributed by atoms with Crippen molar-refractivity contribution in [2.24, 2.45) is 0 Å². The van der Waals surface area contributed by atoms with Crippen molar-refractivity contribution in [3.63, 3.8) is 0 Å². The number of aliphatic hydroxyl groups is 1. The van der Waals surface area contributed by atoms with E-state index in [0.717, 1.165) is 12.1 Å². The summed E-state index contributed by atoms with van der Waals surface area (Å²) in [6, 6.07) is 4.40. The highest BCUT2D eigenvalue weighted by Crippen LogP contribution is 2.19. The smallest absolute Gasteiger partial charge is 0.123 e. The molecule has 4 nitrogen and oxygen atoms in total. The Morgan fingerprint density at radius 2 is 2.28 bits per heavy atom. The van der Waals surface area contributed by atoms with Crippen LogP contribution in [0.25, 0.3) is 0 Å². The van der Waals surface area contributed by atoms with Crippen molar-refractivity contribution in [2.75, 3.05) is 25.4 Å². The zero-order chi connectivity index (χ0) is 13.1. The van der Waals surface area contributed by atoms with Crippen LogP contribution in [-0.4, -0.2) is 41.9 Å². The quantitative estimate of drug-likeness (QED) is 0.790. The maximum atomic E-state index is 13.2. The second-order valence-electron chi connectivity index (χ2n) is 4.79. The Morgan fingerprint density at radius 3 is 3.00 bits per heavy atom. The molecule has 1 aromatic carbocycles. The van der Waals surface area contributed by atoms with Crippen LogP contribution in [-0.2, 0) is 11.3 Å². The summed E-state index contributed by atoms with van der Waals surface area (Å²) in [6.07, 6.45) is -0.116. The van der Waals surface area contributed by atoms with Gasteiger partial charge < -0.3 is 15.6 Å². The van der Waals surface area contributed by atoms with Gasteiger partial charge in [-0.1, -0.05) is 0 Å². The fourth-order valence-corrected chi connectivity index (χ4v) is 2.32. The van der Waals surface area contributed by atoms with Crippen LogP contribution < -0.4 is 5.73 Å². The minimum atomic E-state index is -0.279. The van der Waals surface area contributed by atoms with Gasteiger partial charge in [-0.15, -0.1) is 0 Å². The van der Waals surface area contributed by atoms with E-state index in [4.69, 9.17) is 15.6 Å². The first-order valence-electron chi connectivity index (χ1n) is 6.11. The number of ether oxygens (including phenoxy) is 1. The highest BCUT2D eigenvalue weighted by molar-refractivity contribution is 5.46. The SMILES string of the molecule is CC1CN(Cc2cc(F)ccc2N)CC(CO)O1. The number of hydrogen-bond donors (Lipinski definition) is 2. The van der Waals surface area contributed by atoms with Crippen LogP contribution in [0.3, 0.4) is 0 Å². The van der Waals surface area contributed by atoms with Gasteiger partial charge in [0.15, 0.2) is 0 Å². The molecule has 1 aliphatic rings. The van der Waals surface area contributed by atoms with Crippen molar-refractivity contribution in [3.05, 3.63) is 29.6 Å². The van der Waals surface area contributed by atoms with Crippen molar-refractivity contribution >= 4 is 5.69 Å². The molecule has 2 unspecified atom stereocenters. The Balaban J connectivity index is 2.06. The minimum Gasteiger partial charge on any atom is -0.398 e. The molecule has 1 fully saturated rings. The summed E-state index contributed by atoms with van der Waals surface area (Å²) in [4.78, 5) is 2.13. The molecule has 3 N–H and O–H groups in total. The number of hydrogen-bond acceptors (Lipinski definition) is 4. The second-order valence-corrected chi connectivity index (χ2v) is 4.79.